The Morgan fingerprint density at radius 2 is 1.97 bits per heavy atom. The van der Waals surface area contributed by atoms with Crippen molar-refractivity contribution in [3.63, 3.8) is 0 Å². The second-order valence-electron chi connectivity index (χ2n) is 7.92. The third kappa shape index (κ3) is 7.06. The maximum atomic E-state index is 13.3. The molecule has 34 heavy (non-hydrogen) atoms. The summed E-state index contributed by atoms with van der Waals surface area (Å²) in [4.78, 5) is 23.2. The van der Waals surface area contributed by atoms with E-state index in [2.05, 4.69) is 4.90 Å². The number of aromatic nitrogens is 1. The summed E-state index contributed by atoms with van der Waals surface area (Å²) in [5, 5.41) is 1.40. The number of morpholine rings is 1. The fourth-order valence-corrected chi connectivity index (χ4v) is 5.79. The van der Waals surface area contributed by atoms with Crippen LogP contribution >= 0.6 is 47.1 Å². The average Bonchev–Trinajstić information content (AvgIpc) is 3.26. The third-order valence-electron chi connectivity index (χ3n) is 5.63. The quantitative estimate of drug-likeness (QED) is 0.307. The maximum Gasteiger partial charge on any atom is 0.229 e. The molecule has 0 aliphatic carbocycles. The van der Waals surface area contributed by atoms with Gasteiger partial charge in [0, 0.05) is 48.3 Å². The number of halogens is 3. The van der Waals surface area contributed by atoms with E-state index in [1.807, 2.05) is 24.0 Å². The summed E-state index contributed by atoms with van der Waals surface area (Å²) in [7, 11) is 0. The molecular weight excluding hydrogens is 516 g/mol. The van der Waals surface area contributed by atoms with E-state index in [1.165, 1.54) is 23.5 Å². The lowest BCUT2D eigenvalue weighted by Gasteiger charge is -2.27. The molecule has 0 bridgehead atoms. The summed E-state index contributed by atoms with van der Waals surface area (Å²) < 4.78 is 19.6. The minimum atomic E-state index is -0.256. The Morgan fingerprint density at radius 3 is 2.71 bits per heavy atom. The van der Waals surface area contributed by atoms with Gasteiger partial charge in [0.2, 0.25) is 5.91 Å². The fraction of sp³-hybridized carbons (Fsp3) is 0.417. The smallest absolute Gasteiger partial charge is 0.229 e. The second kappa shape index (κ2) is 13.0. The van der Waals surface area contributed by atoms with Crippen LogP contribution in [-0.4, -0.2) is 60.9 Å². The highest BCUT2D eigenvalue weighted by Crippen LogP contribution is 2.34. The summed E-state index contributed by atoms with van der Waals surface area (Å²) in [6.45, 7) is 6.89. The number of rotatable bonds is 9. The highest BCUT2D eigenvalue weighted by atomic mass is 35.5. The summed E-state index contributed by atoms with van der Waals surface area (Å²) in [6.07, 6.45) is 1.25. The van der Waals surface area contributed by atoms with Gasteiger partial charge in [-0.1, -0.05) is 22.9 Å². The van der Waals surface area contributed by atoms with Crippen LogP contribution in [0.1, 0.15) is 18.4 Å². The van der Waals surface area contributed by atoms with Crippen molar-refractivity contribution in [2.45, 2.75) is 24.7 Å². The molecule has 1 saturated heterocycles. The zero-order valence-corrected chi connectivity index (χ0v) is 22.2. The molecular formula is C24H28Cl2FN3O2S2. The molecule has 1 aliphatic heterocycles. The minimum absolute atomic E-state index is 0. The number of aryl methyl sites for hydroxylation is 1. The van der Waals surface area contributed by atoms with E-state index in [1.54, 1.807) is 23.9 Å². The van der Waals surface area contributed by atoms with Crippen molar-refractivity contribution in [3.8, 4) is 0 Å². The van der Waals surface area contributed by atoms with E-state index in [9.17, 15) is 9.18 Å². The van der Waals surface area contributed by atoms with Crippen molar-refractivity contribution >= 4 is 68.4 Å². The predicted molar refractivity (Wildman–Crippen MR) is 143 cm³/mol. The molecule has 1 aromatic heterocycles. The van der Waals surface area contributed by atoms with Gasteiger partial charge in [0.25, 0.3) is 0 Å². The van der Waals surface area contributed by atoms with E-state index >= 15 is 0 Å². The number of anilines is 1. The van der Waals surface area contributed by atoms with Gasteiger partial charge in [0.05, 0.1) is 23.4 Å². The van der Waals surface area contributed by atoms with Crippen LogP contribution in [0.2, 0.25) is 5.02 Å². The lowest BCUT2D eigenvalue weighted by atomic mass is 10.2. The molecule has 184 valence electrons. The number of carbonyl (C=O) groups excluding carboxylic acids is 1. The Labute approximate surface area is 219 Å². The summed E-state index contributed by atoms with van der Waals surface area (Å²) in [6, 6.07) is 10.2. The van der Waals surface area contributed by atoms with Gasteiger partial charge in [-0.25, -0.2) is 9.37 Å². The summed E-state index contributed by atoms with van der Waals surface area (Å²) >= 11 is 9.37. The van der Waals surface area contributed by atoms with Gasteiger partial charge in [-0.3, -0.25) is 14.6 Å². The zero-order chi connectivity index (χ0) is 23.2. The highest BCUT2D eigenvalue weighted by molar-refractivity contribution is 7.99. The highest BCUT2D eigenvalue weighted by Gasteiger charge is 2.21. The number of hydrogen-bond acceptors (Lipinski definition) is 6. The second-order valence-corrected chi connectivity index (χ2v) is 10.5. The minimum Gasteiger partial charge on any atom is -0.379 e. The van der Waals surface area contributed by atoms with Crippen LogP contribution in [-0.2, 0) is 9.53 Å². The van der Waals surface area contributed by atoms with Crippen LogP contribution < -0.4 is 4.90 Å². The van der Waals surface area contributed by atoms with Crippen molar-refractivity contribution < 1.29 is 13.9 Å². The number of fused-ring (bicyclic) bond motifs is 1. The Hall–Kier alpha value is -1.42. The van der Waals surface area contributed by atoms with Crippen LogP contribution in [0.25, 0.3) is 10.2 Å². The molecule has 1 aliphatic rings. The van der Waals surface area contributed by atoms with Gasteiger partial charge in [0.15, 0.2) is 5.13 Å². The molecule has 0 atom stereocenters. The third-order valence-corrected chi connectivity index (χ3v) is 8.09. The lowest BCUT2D eigenvalue weighted by Crippen LogP contribution is -2.39. The summed E-state index contributed by atoms with van der Waals surface area (Å²) in [5.74, 6) is 0.419. The van der Waals surface area contributed by atoms with Crippen molar-refractivity contribution in [1.29, 1.82) is 0 Å². The van der Waals surface area contributed by atoms with Crippen molar-refractivity contribution in [2.75, 3.05) is 50.0 Å². The van der Waals surface area contributed by atoms with Crippen LogP contribution in [0.5, 0.6) is 0 Å². The van der Waals surface area contributed by atoms with Gasteiger partial charge in [-0.05, 0) is 55.3 Å². The zero-order valence-electron chi connectivity index (χ0n) is 19.0. The lowest BCUT2D eigenvalue weighted by molar-refractivity contribution is -0.118. The van der Waals surface area contributed by atoms with E-state index in [-0.39, 0.29) is 24.1 Å². The van der Waals surface area contributed by atoms with Gasteiger partial charge in [-0.2, -0.15) is 0 Å². The largest absolute Gasteiger partial charge is 0.379 e. The van der Waals surface area contributed by atoms with Crippen LogP contribution in [0.15, 0.2) is 41.3 Å². The number of hydrogen-bond donors (Lipinski definition) is 0. The normalized spacial score (nSPS) is 14.2. The average molecular weight is 545 g/mol. The van der Waals surface area contributed by atoms with E-state index in [4.69, 9.17) is 21.3 Å². The van der Waals surface area contributed by atoms with E-state index in [0.29, 0.717) is 28.9 Å². The van der Waals surface area contributed by atoms with Gasteiger partial charge in [0.1, 0.15) is 5.82 Å². The fourth-order valence-electron chi connectivity index (χ4n) is 3.73. The Balaban J connectivity index is 0.00000324. The molecule has 0 saturated carbocycles. The number of ether oxygens (including phenoxy) is 1. The van der Waals surface area contributed by atoms with Gasteiger partial charge < -0.3 is 4.74 Å². The first-order valence-corrected chi connectivity index (χ1v) is 13.2. The number of thioether (sulfide) groups is 1. The van der Waals surface area contributed by atoms with Crippen LogP contribution in [0, 0.1) is 12.7 Å². The molecule has 0 spiro atoms. The topological polar surface area (TPSA) is 45.7 Å². The molecule has 0 radical (unpaired) electrons. The molecule has 5 nitrogen and oxygen atoms in total. The van der Waals surface area contributed by atoms with Gasteiger partial charge in [-0.15, -0.1) is 24.2 Å². The Morgan fingerprint density at radius 1 is 1.24 bits per heavy atom. The first-order valence-electron chi connectivity index (χ1n) is 11.1. The molecule has 0 unspecified atom stereocenters. The Kier molecular flexibility index (Phi) is 10.4. The first kappa shape index (κ1) is 27.2. The number of thiazole rings is 1. The van der Waals surface area contributed by atoms with Crippen molar-refractivity contribution in [3.05, 3.63) is 52.8 Å². The van der Waals surface area contributed by atoms with E-state index < -0.39 is 0 Å². The molecule has 10 heteroatoms. The number of benzene rings is 2. The maximum absolute atomic E-state index is 13.3. The molecule has 2 aromatic carbocycles. The standard InChI is InChI=1S/C24H27ClFN3O2S2.ClH/c1-17-20(25)7-8-21-23(17)27-24(33-21)29(11-2-10-28-12-14-31-15-13-28)22(30)9-16-32-19-5-3-18(26)4-6-19;/h3-8H,2,9-16H2,1H3;1H. The molecule has 1 amide bonds. The van der Waals surface area contributed by atoms with E-state index in [0.717, 1.165) is 59.9 Å². The number of carbonyl (C=O) groups is 1. The molecule has 0 N–H and O–H groups in total. The van der Waals surface area contributed by atoms with Crippen molar-refractivity contribution in [1.82, 2.24) is 9.88 Å². The van der Waals surface area contributed by atoms with Crippen LogP contribution in [0.4, 0.5) is 9.52 Å². The Bertz CT molecular complexity index is 1090. The SMILES string of the molecule is Cc1c(Cl)ccc2sc(N(CCCN3CCOCC3)C(=O)CCSc3ccc(F)cc3)nc12.Cl. The monoisotopic (exact) mass is 543 g/mol. The molecule has 2 heterocycles. The molecule has 3 aromatic rings. The molecule has 1 fully saturated rings. The van der Waals surface area contributed by atoms with Crippen LogP contribution in [0.3, 0.4) is 0 Å². The molecule has 4 rings (SSSR count). The number of nitrogens with zero attached hydrogens (tertiary/aromatic N) is 3. The summed E-state index contributed by atoms with van der Waals surface area (Å²) in [5.41, 5.74) is 1.79. The first-order chi connectivity index (χ1) is 16.0. The van der Waals surface area contributed by atoms with Gasteiger partial charge >= 0.3 is 0 Å². The number of amides is 1. The predicted octanol–water partition coefficient (Wildman–Crippen LogP) is 6.06. The van der Waals surface area contributed by atoms with Crippen molar-refractivity contribution in [2.24, 2.45) is 0 Å².